The van der Waals surface area contributed by atoms with Crippen molar-refractivity contribution in [3.05, 3.63) is 0 Å². The summed E-state index contributed by atoms with van der Waals surface area (Å²) in [5.41, 5.74) is -0.208. The molecule has 0 amide bonds. The van der Waals surface area contributed by atoms with Gasteiger partial charge < -0.3 is 159 Å². The number of aliphatic hydroxyl groups excluding tert-OH is 18. The molecule has 94 heavy (non-hydrogen) atoms. The lowest BCUT2D eigenvalue weighted by Crippen LogP contribution is -2.67. The van der Waals surface area contributed by atoms with Crippen molar-refractivity contribution >= 4 is 0 Å². The Morgan fingerprint density at radius 3 is 1.68 bits per heavy atom. The second kappa shape index (κ2) is 29.6. The van der Waals surface area contributed by atoms with Crippen molar-refractivity contribution in [1.29, 1.82) is 0 Å². The van der Waals surface area contributed by atoms with E-state index >= 15 is 0 Å². The second-order valence-corrected chi connectivity index (χ2v) is 29.5. The van der Waals surface area contributed by atoms with E-state index in [4.69, 9.17) is 61.6 Å². The molecule has 11 aliphatic rings. The van der Waals surface area contributed by atoms with Gasteiger partial charge in [0.1, 0.15) is 134 Å². The van der Waals surface area contributed by atoms with E-state index in [0.717, 1.165) is 38.5 Å². The van der Waals surface area contributed by atoms with Gasteiger partial charge in [-0.3, -0.25) is 0 Å². The highest BCUT2D eigenvalue weighted by molar-refractivity contribution is 5.15. The van der Waals surface area contributed by atoms with Crippen LogP contribution >= 0.6 is 0 Å². The van der Waals surface area contributed by atoms with Crippen LogP contribution in [0.3, 0.4) is 0 Å². The molecule has 0 aromatic rings. The van der Waals surface area contributed by atoms with Crippen molar-refractivity contribution in [2.24, 2.45) is 52.3 Å². The Morgan fingerprint density at radius 1 is 0.479 bits per heavy atom. The number of hydrogen-bond acceptors (Lipinski definition) is 32. The molecule has 7 aliphatic heterocycles. The first-order chi connectivity index (χ1) is 44.5. The van der Waals surface area contributed by atoms with Crippen molar-refractivity contribution < 1.29 is 159 Å². The van der Waals surface area contributed by atoms with Crippen molar-refractivity contribution in [1.82, 2.24) is 0 Å². The smallest absolute Gasteiger partial charge is 0.187 e. The van der Waals surface area contributed by atoms with Crippen LogP contribution in [0.25, 0.3) is 0 Å². The summed E-state index contributed by atoms with van der Waals surface area (Å²) < 4.78 is 78.4. The number of hydrogen-bond donors (Lipinski definition) is 19. The highest BCUT2D eigenvalue weighted by Gasteiger charge is 2.69. The third-order valence-corrected chi connectivity index (χ3v) is 23.9. The predicted octanol–water partition coefficient (Wildman–Crippen LogP) is -6.64. The van der Waals surface area contributed by atoms with Crippen LogP contribution in [-0.2, 0) is 61.6 Å². The third-order valence-electron chi connectivity index (χ3n) is 23.9. The van der Waals surface area contributed by atoms with Gasteiger partial charge in [0.15, 0.2) is 43.5 Å². The van der Waals surface area contributed by atoms with E-state index in [-0.39, 0.29) is 47.2 Å². The van der Waals surface area contributed by atoms with Crippen LogP contribution in [0.5, 0.6) is 0 Å². The van der Waals surface area contributed by atoms with E-state index in [0.29, 0.717) is 43.4 Å². The monoisotopic (exact) mass is 1360 g/mol. The molecule has 0 spiro atoms. The Labute approximate surface area is 544 Å². The van der Waals surface area contributed by atoms with E-state index < -0.39 is 223 Å². The van der Waals surface area contributed by atoms with Gasteiger partial charge in [-0.25, -0.2) is 0 Å². The molecule has 4 aliphatic carbocycles. The van der Waals surface area contributed by atoms with Gasteiger partial charge in [-0.2, -0.15) is 0 Å². The fourth-order valence-electron chi connectivity index (χ4n) is 18.2. The fraction of sp³-hybridized carbons (Fsp3) is 1.00. The maximum Gasteiger partial charge on any atom is 0.187 e. The van der Waals surface area contributed by atoms with Crippen LogP contribution in [-0.4, -0.2) is 333 Å². The minimum atomic E-state index is -2.13. The molecule has 41 unspecified atom stereocenters. The average Bonchev–Trinajstić information content (AvgIpc) is 1.50. The first-order valence-electron chi connectivity index (χ1n) is 33.7. The Kier molecular flexibility index (Phi) is 23.3. The summed E-state index contributed by atoms with van der Waals surface area (Å²) in [7, 11) is 0. The molecule has 19 N–H and O–H groups in total. The van der Waals surface area contributed by atoms with Gasteiger partial charge in [-0.05, 0) is 111 Å². The maximum absolute atomic E-state index is 12.5. The van der Waals surface area contributed by atoms with E-state index in [1.54, 1.807) is 0 Å². The summed E-state index contributed by atoms with van der Waals surface area (Å²) in [6.07, 6.45) is -42.2. The predicted molar refractivity (Wildman–Crippen MR) is 309 cm³/mol. The summed E-state index contributed by atoms with van der Waals surface area (Å²) >= 11 is 0. The molecule has 0 aromatic carbocycles. The van der Waals surface area contributed by atoms with Gasteiger partial charge in [0.2, 0.25) is 0 Å². The first-order valence-corrected chi connectivity index (χ1v) is 33.7. The SMILES string of the molecule is CC(CCC1(O)OC2CC3C4CCC5CC(OC6OC(CO)C(OC7OC(COC8OC(CO)C(O)C(O)C8O)C(OC8OCC(O)C(O)C8O)C(O)C7O)C(O)C6OC6OC(C)C(O)C(O)C6O)CCC5(C)C4CCC3(C)C2C1C)COC1OC(CO)C(O)C(O)C1O. The lowest BCUT2D eigenvalue weighted by Gasteiger charge is -2.61. The second-order valence-electron chi connectivity index (χ2n) is 29.5. The summed E-state index contributed by atoms with van der Waals surface area (Å²) in [5, 5.41) is 205. The van der Waals surface area contributed by atoms with Gasteiger partial charge in [0.05, 0.1) is 58.0 Å². The van der Waals surface area contributed by atoms with Crippen molar-refractivity contribution in [3.8, 4) is 0 Å². The molecule has 544 valence electrons. The first kappa shape index (κ1) is 73.9. The highest BCUT2D eigenvalue weighted by atomic mass is 16.8. The quantitative estimate of drug-likeness (QED) is 0.0504. The van der Waals surface area contributed by atoms with E-state index in [2.05, 4.69) is 20.8 Å². The summed E-state index contributed by atoms with van der Waals surface area (Å²) in [5.74, 6) is -0.286. The normalized spacial score (nSPS) is 55.7. The topological polar surface area (TPSA) is 504 Å². The zero-order valence-electron chi connectivity index (χ0n) is 53.6. The number of fused-ring (bicyclic) bond motifs is 7. The van der Waals surface area contributed by atoms with Gasteiger partial charge in [-0.1, -0.05) is 27.7 Å². The standard InChI is InChI=1S/C62H104O32/c1-22(19-82-54-46(76)42(72)39(69)32(16-63)87-54)8-13-62(81)23(2)36-31(94-62)15-29-27-7-6-25-14-26(9-11-60(25,4)28(27)10-12-61(29,36)5)86-59-53(93-57-48(78)41(71)37(67)24(3)85-57)50(80)51(34(18-65)89-59)92-58-49(79)44(74)52(91-56-45(75)38(68)30(66)20-83-56)35(90-58)21-84-55-47(77)43(73)40(70)33(17-64)88-55/h22-59,63-81H,6-21H2,1-5H3. The molecule has 32 heteroatoms. The number of aliphatic hydroxyl groups is 19. The fourth-order valence-corrected chi connectivity index (χ4v) is 18.2. The average molecular weight is 1360 g/mol. The van der Waals surface area contributed by atoms with Crippen LogP contribution in [0.2, 0.25) is 0 Å². The molecule has 0 radical (unpaired) electrons. The van der Waals surface area contributed by atoms with Gasteiger partial charge in [0, 0.05) is 12.3 Å². The van der Waals surface area contributed by atoms with Crippen LogP contribution in [0.1, 0.15) is 98.8 Å². The Balaban J connectivity index is 0.753. The molecule has 7 heterocycles. The molecule has 41 atom stereocenters. The molecular weight excluding hydrogens is 1260 g/mol. The Bertz CT molecular complexity index is 2440. The van der Waals surface area contributed by atoms with Crippen LogP contribution in [0, 0.1) is 52.3 Å². The Morgan fingerprint density at radius 2 is 1.02 bits per heavy atom. The van der Waals surface area contributed by atoms with E-state index in [1.807, 2.05) is 6.92 Å². The lowest BCUT2D eigenvalue weighted by molar-refractivity contribution is -0.397. The molecule has 0 aromatic heterocycles. The van der Waals surface area contributed by atoms with Gasteiger partial charge >= 0.3 is 0 Å². The molecule has 4 saturated carbocycles. The number of ether oxygens (including phenoxy) is 13. The van der Waals surface area contributed by atoms with E-state index in [9.17, 15) is 97.0 Å². The minimum absolute atomic E-state index is 0.103. The van der Waals surface area contributed by atoms with Gasteiger partial charge in [-0.15, -0.1) is 0 Å². The molecule has 11 fully saturated rings. The van der Waals surface area contributed by atoms with Crippen molar-refractivity contribution in [2.75, 3.05) is 39.6 Å². The third kappa shape index (κ3) is 13.8. The van der Waals surface area contributed by atoms with Crippen LogP contribution in [0.15, 0.2) is 0 Å². The summed E-state index contributed by atoms with van der Waals surface area (Å²) in [6, 6.07) is 0. The molecular formula is C62H104O32. The maximum atomic E-state index is 12.5. The number of rotatable bonds is 20. The summed E-state index contributed by atoms with van der Waals surface area (Å²) in [6.45, 7) is 6.74. The lowest BCUT2D eigenvalue weighted by atomic mass is 9.44. The zero-order chi connectivity index (χ0) is 67.9. The molecule has 7 saturated heterocycles. The van der Waals surface area contributed by atoms with Crippen LogP contribution < -0.4 is 0 Å². The molecule has 11 rings (SSSR count). The highest BCUT2D eigenvalue weighted by Crippen LogP contribution is 2.71. The van der Waals surface area contributed by atoms with Crippen LogP contribution in [0.4, 0.5) is 0 Å². The van der Waals surface area contributed by atoms with E-state index in [1.165, 1.54) is 6.92 Å². The van der Waals surface area contributed by atoms with Crippen molar-refractivity contribution in [3.63, 3.8) is 0 Å². The summed E-state index contributed by atoms with van der Waals surface area (Å²) in [4.78, 5) is 0. The largest absolute Gasteiger partial charge is 0.394 e. The Hall–Kier alpha value is -1.28. The zero-order valence-corrected chi connectivity index (χ0v) is 53.6. The molecule has 32 nitrogen and oxygen atoms in total. The molecule has 0 bridgehead atoms. The van der Waals surface area contributed by atoms with Gasteiger partial charge in [0.25, 0.3) is 0 Å². The van der Waals surface area contributed by atoms with Crippen molar-refractivity contribution in [2.45, 2.75) is 295 Å². The minimum Gasteiger partial charge on any atom is -0.394 e.